The molecule has 3 N–H and O–H groups in total. The van der Waals surface area contributed by atoms with Crippen LogP contribution in [0.4, 0.5) is 0 Å². The van der Waals surface area contributed by atoms with Crippen molar-refractivity contribution in [3.63, 3.8) is 0 Å². The van der Waals surface area contributed by atoms with Crippen molar-refractivity contribution in [2.75, 3.05) is 6.54 Å². The van der Waals surface area contributed by atoms with Gasteiger partial charge in [-0.3, -0.25) is 0 Å². The molecule has 1 rings (SSSR count). The van der Waals surface area contributed by atoms with Crippen LogP contribution in [0, 0.1) is 5.41 Å². The van der Waals surface area contributed by atoms with E-state index in [1.54, 1.807) is 0 Å². The summed E-state index contributed by atoms with van der Waals surface area (Å²) in [4.78, 5) is 0. The van der Waals surface area contributed by atoms with E-state index in [1.165, 1.54) is 32.1 Å². The van der Waals surface area contributed by atoms with Gasteiger partial charge in [0.1, 0.15) is 0 Å². The van der Waals surface area contributed by atoms with Crippen LogP contribution < -0.4 is 11.1 Å². The second-order valence-corrected chi connectivity index (χ2v) is 6.13. The fourth-order valence-corrected chi connectivity index (χ4v) is 2.98. The maximum atomic E-state index is 6.00. The lowest BCUT2D eigenvalue weighted by Gasteiger charge is -2.46. The minimum Gasteiger partial charge on any atom is -0.329 e. The van der Waals surface area contributed by atoms with Gasteiger partial charge in [-0.2, -0.15) is 0 Å². The fraction of sp³-hybridized carbons (Fsp3) is 1.00. The molecule has 1 saturated carbocycles. The van der Waals surface area contributed by atoms with Crippen molar-refractivity contribution >= 4 is 0 Å². The summed E-state index contributed by atoms with van der Waals surface area (Å²) < 4.78 is 0. The summed E-state index contributed by atoms with van der Waals surface area (Å²) in [5.74, 6) is 0. The van der Waals surface area contributed by atoms with Gasteiger partial charge in [0.15, 0.2) is 0 Å². The first-order chi connectivity index (χ1) is 6.93. The molecule has 0 spiro atoms. The van der Waals surface area contributed by atoms with Crippen LogP contribution in [0.5, 0.6) is 0 Å². The number of nitrogens with one attached hydrogen (secondary N) is 1. The highest BCUT2D eigenvalue weighted by atomic mass is 15.0. The van der Waals surface area contributed by atoms with Gasteiger partial charge in [0, 0.05) is 18.1 Å². The molecule has 1 fully saturated rings. The molecule has 0 amide bonds. The Labute approximate surface area is 95.0 Å². The quantitative estimate of drug-likeness (QED) is 0.752. The van der Waals surface area contributed by atoms with Crippen LogP contribution in [0.1, 0.15) is 59.8 Å². The average molecular weight is 212 g/mol. The molecule has 2 atom stereocenters. The van der Waals surface area contributed by atoms with E-state index >= 15 is 0 Å². The third-order valence-corrected chi connectivity index (χ3v) is 3.88. The molecule has 2 unspecified atom stereocenters. The zero-order chi connectivity index (χ0) is 11.5. The minimum atomic E-state index is 0.206. The van der Waals surface area contributed by atoms with Gasteiger partial charge in [0.25, 0.3) is 0 Å². The first-order valence-electron chi connectivity index (χ1n) is 6.41. The van der Waals surface area contributed by atoms with Crippen LogP contribution >= 0.6 is 0 Å². The molecule has 2 heteroatoms. The Morgan fingerprint density at radius 1 is 1.33 bits per heavy atom. The molecule has 2 nitrogen and oxygen atoms in total. The predicted octanol–water partition coefficient (Wildman–Crippen LogP) is 2.67. The first kappa shape index (κ1) is 13.0. The van der Waals surface area contributed by atoms with E-state index < -0.39 is 0 Å². The van der Waals surface area contributed by atoms with Gasteiger partial charge < -0.3 is 11.1 Å². The molecule has 90 valence electrons. The van der Waals surface area contributed by atoms with E-state index in [1.807, 2.05) is 0 Å². The van der Waals surface area contributed by atoms with Crippen LogP contribution in [-0.2, 0) is 0 Å². The Bertz CT molecular complexity index is 201. The highest BCUT2D eigenvalue weighted by Crippen LogP contribution is 2.40. The molecule has 0 heterocycles. The summed E-state index contributed by atoms with van der Waals surface area (Å²) in [6.07, 6.45) is 6.31. The molecule has 15 heavy (non-hydrogen) atoms. The lowest BCUT2D eigenvalue weighted by Crippen LogP contribution is -2.58. The van der Waals surface area contributed by atoms with Gasteiger partial charge in [-0.25, -0.2) is 0 Å². The summed E-state index contributed by atoms with van der Waals surface area (Å²) in [6, 6.07) is 0.586. The standard InChI is InChI=1S/C13H28N2/c1-5-11(2)15-13(10-14)8-6-7-12(3,4)9-13/h11,15H,5-10,14H2,1-4H3. The number of hydrogen-bond donors (Lipinski definition) is 2. The van der Waals surface area contributed by atoms with Crippen molar-refractivity contribution in [1.29, 1.82) is 0 Å². The van der Waals surface area contributed by atoms with Gasteiger partial charge in [-0.1, -0.05) is 27.2 Å². The van der Waals surface area contributed by atoms with E-state index in [2.05, 4.69) is 33.0 Å². The Balaban J connectivity index is 2.66. The highest BCUT2D eigenvalue weighted by Gasteiger charge is 2.39. The Hall–Kier alpha value is -0.0800. The minimum absolute atomic E-state index is 0.206. The van der Waals surface area contributed by atoms with E-state index in [9.17, 15) is 0 Å². The normalized spacial score (nSPS) is 32.6. The average Bonchev–Trinajstić information content (AvgIpc) is 2.16. The molecular weight excluding hydrogens is 184 g/mol. The maximum Gasteiger partial charge on any atom is 0.0311 e. The zero-order valence-electron chi connectivity index (χ0n) is 10.9. The van der Waals surface area contributed by atoms with Gasteiger partial charge in [0.05, 0.1) is 0 Å². The molecule has 1 aliphatic carbocycles. The lowest BCUT2D eigenvalue weighted by atomic mass is 9.68. The summed E-state index contributed by atoms with van der Waals surface area (Å²) in [7, 11) is 0. The molecule has 0 aromatic heterocycles. The molecule has 0 radical (unpaired) electrons. The lowest BCUT2D eigenvalue weighted by molar-refractivity contribution is 0.115. The molecule has 0 aromatic rings. The summed E-state index contributed by atoms with van der Waals surface area (Å²) in [6.45, 7) is 10.0. The van der Waals surface area contributed by atoms with Crippen LogP contribution in [0.2, 0.25) is 0 Å². The van der Waals surface area contributed by atoms with E-state index in [0.29, 0.717) is 11.5 Å². The molecule has 0 aromatic carbocycles. The van der Waals surface area contributed by atoms with Crippen molar-refractivity contribution in [3.8, 4) is 0 Å². The summed E-state index contributed by atoms with van der Waals surface area (Å²) in [5, 5.41) is 3.76. The van der Waals surface area contributed by atoms with Crippen LogP contribution in [0.25, 0.3) is 0 Å². The second-order valence-electron chi connectivity index (χ2n) is 6.13. The Morgan fingerprint density at radius 3 is 2.47 bits per heavy atom. The molecule has 1 aliphatic rings. The van der Waals surface area contributed by atoms with Crippen LogP contribution in [0.3, 0.4) is 0 Å². The van der Waals surface area contributed by atoms with Crippen molar-refractivity contribution in [2.24, 2.45) is 11.1 Å². The fourth-order valence-electron chi connectivity index (χ4n) is 2.98. The largest absolute Gasteiger partial charge is 0.329 e. The van der Waals surface area contributed by atoms with Crippen LogP contribution in [-0.4, -0.2) is 18.1 Å². The Morgan fingerprint density at radius 2 is 2.00 bits per heavy atom. The van der Waals surface area contributed by atoms with Crippen molar-refractivity contribution < 1.29 is 0 Å². The first-order valence-corrected chi connectivity index (χ1v) is 6.41. The second kappa shape index (κ2) is 4.84. The summed E-state index contributed by atoms with van der Waals surface area (Å²) >= 11 is 0. The predicted molar refractivity (Wildman–Crippen MR) is 66.9 cm³/mol. The van der Waals surface area contributed by atoms with Gasteiger partial charge in [-0.05, 0) is 38.0 Å². The zero-order valence-corrected chi connectivity index (χ0v) is 10.9. The summed E-state index contributed by atoms with van der Waals surface area (Å²) in [5.41, 5.74) is 6.66. The Kier molecular flexibility index (Phi) is 4.19. The number of nitrogens with two attached hydrogens (primary N) is 1. The number of rotatable bonds is 4. The van der Waals surface area contributed by atoms with Gasteiger partial charge >= 0.3 is 0 Å². The number of hydrogen-bond acceptors (Lipinski definition) is 2. The molecule has 0 saturated heterocycles. The van der Waals surface area contributed by atoms with Crippen LogP contribution in [0.15, 0.2) is 0 Å². The van der Waals surface area contributed by atoms with E-state index in [-0.39, 0.29) is 5.54 Å². The molecule has 0 aliphatic heterocycles. The molecule has 0 bridgehead atoms. The maximum absolute atomic E-state index is 6.00. The third kappa shape index (κ3) is 3.46. The molecular formula is C13H28N2. The van der Waals surface area contributed by atoms with Gasteiger partial charge in [0.2, 0.25) is 0 Å². The van der Waals surface area contributed by atoms with E-state index in [4.69, 9.17) is 5.73 Å². The van der Waals surface area contributed by atoms with Crippen molar-refractivity contribution in [1.82, 2.24) is 5.32 Å². The highest BCUT2D eigenvalue weighted by molar-refractivity contribution is 4.98. The van der Waals surface area contributed by atoms with E-state index in [0.717, 1.165) is 6.54 Å². The van der Waals surface area contributed by atoms with Gasteiger partial charge in [-0.15, -0.1) is 0 Å². The van der Waals surface area contributed by atoms with Crippen molar-refractivity contribution in [3.05, 3.63) is 0 Å². The monoisotopic (exact) mass is 212 g/mol. The van der Waals surface area contributed by atoms with Crippen molar-refractivity contribution in [2.45, 2.75) is 71.4 Å². The SMILES string of the molecule is CCC(C)NC1(CN)CCCC(C)(C)C1. The topological polar surface area (TPSA) is 38.0 Å². The third-order valence-electron chi connectivity index (χ3n) is 3.88. The smallest absolute Gasteiger partial charge is 0.0311 e.